The predicted molar refractivity (Wildman–Crippen MR) is 109 cm³/mol. The number of nitrogens with zero attached hydrogens (tertiary/aromatic N) is 4. The van der Waals surface area contributed by atoms with Gasteiger partial charge in [0.15, 0.2) is 5.82 Å². The van der Waals surface area contributed by atoms with Gasteiger partial charge < -0.3 is 0 Å². The molecular weight excluding hydrogens is 393 g/mol. The summed E-state index contributed by atoms with van der Waals surface area (Å²) in [4.78, 5) is 6.36. The van der Waals surface area contributed by atoms with Crippen molar-refractivity contribution in [1.82, 2.24) is 19.7 Å². The molecule has 3 rings (SSSR count). The maximum absolute atomic E-state index is 14.8. The van der Waals surface area contributed by atoms with Crippen molar-refractivity contribution in [3.05, 3.63) is 71.1 Å². The maximum Gasteiger partial charge on any atom is 0.238 e. The van der Waals surface area contributed by atoms with Crippen molar-refractivity contribution in [2.45, 2.75) is 31.7 Å². The number of halogens is 1. The van der Waals surface area contributed by atoms with Gasteiger partial charge in [0.2, 0.25) is 10.0 Å². The summed E-state index contributed by atoms with van der Waals surface area (Å²) >= 11 is 0. The van der Waals surface area contributed by atoms with Gasteiger partial charge >= 0.3 is 0 Å². The Balaban J connectivity index is 2.06. The third-order valence-electron chi connectivity index (χ3n) is 4.59. The first kappa shape index (κ1) is 21.1. The Morgan fingerprint density at radius 2 is 1.97 bits per heavy atom. The second-order valence-corrected chi connectivity index (χ2v) is 8.57. The predicted octanol–water partition coefficient (Wildman–Crippen LogP) is 2.40. The molecule has 0 atom stereocenters. The van der Waals surface area contributed by atoms with Gasteiger partial charge in [-0.25, -0.2) is 27.6 Å². The number of benzene rings is 2. The standard InChI is InChI=1S/C20H24FN5O2S/c1-4-25(3)13-19-23-20(11-15-7-5-6-14(2)10-15)26(24-19)18-9-8-16(12-17(18)21)29(22,27)28/h5-10,12H,4,11,13H2,1-3H3,(H2,22,27,28). The van der Waals surface area contributed by atoms with Crippen molar-refractivity contribution < 1.29 is 12.8 Å². The first-order valence-corrected chi connectivity index (χ1v) is 10.7. The van der Waals surface area contributed by atoms with E-state index in [0.717, 1.165) is 23.7 Å². The van der Waals surface area contributed by atoms with E-state index in [9.17, 15) is 12.8 Å². The highest BCUT2D eigenvalue weighted by molar-refractivity contribution is 7.89. The van der Waals surface area contributed by atoms with Crippen LogP contribution in [-0.4, -0.2) is 41.7 Å². The molecular formula is C20H24FN5O2S. The fourth-order valence-electron chi connectivity index (χ4n) is 2.96. The normalized spacial score (nSPS) is 11.9. The van der Waals surface area contributed by atoms with E-state index in [2.05, 4.69) is 10.1 Å². The molecule has 0 amide bonds. The van der Waals surface area contributed by atoms with Crippen LogP contribution in [0.15, 0.2) is 47.4 Å². The van der Waals surface area contributed by atoms with Crippen LogP contribution in [0.2, 0.25) is 0 Å². The largest absolute Gasteiger partial charge is 0.299 e. The van der Waals surface area contributed by atoms with E-state index < -0.39 is 15.8 Å². The molecule has 0 fully saturated rings. The van der Waals surface area contributed by atoms with Gasteiger partial charge in [0.05, 0.1) is 11.4 Å². The van der Waals surface area contributed by atoms with Crippen molar-refractivity contribution in [1.29, 1.82) is 0 Å². The number of aryl methyl sites for hydroxylation is 1. The molecule has 0 aliphatic rings. The molecule has 0 unspecified atom stereocenters. The molecule has 1 aromatic heterocycles. The average molecular weight is 418 g/mol. The Morgan fingerprint density at radius 3 is 2.59 bits per heavy atom. The lowest BCUT2D eigenvalue weighted by molar-refractivity contribution is 0.336. The first-order valence-electron chi connectivity index (χ1n) is 9.19. The summed E-state index contributed by atoms with van der Waals surface area (Å²) < 4.78 is 39.2. The Bertz CT molecular complexity index is 1130. The Morgan fingerprint density at radius 1 is 1.21 bits per heavy atom. The minimum atomic E-state index is -3.99. The summed E-state index contributed by atoms with van der Waals surface area (Å²) in [6.07, 6.45) is 0.459. The van der Waals surface area contributed by atoms with Gasteiger partial charge in [0, 0.05) is 6.42 Å². The molecule has 2 aromatic carbocycles. The van der Waals surface area contributed by atoms with Gasteiger partial charge in [0.1, 0.15) is 17.3 Å². The zero-order chi connectivity index (χ0) is 21.2. The highest BCUT2D eigenvalue weighted by Gasteiger charge is 2.18. The second-order valence-electron chi connectivity index (χ2n) is 7.01. The minimum absolute atomic E-state index is 0.123. The van der Waals surface area contributed by atoms with Crippen molar-refractivity contribution >= 4 is 10.0 Å². The van der Waals surface area contributed by atoms with E-state index in [1.807, 2.05) is 50.1 Å². The molecule has 0 bridgehead atoms. The fourth-order valence-corrected chi connectivity index (χ4v) is 3.49. The van der Waals surface area contributed by atoms with Crippen LogP contribution >= 0.6 is 0 Å². The molecule has 9 heteroatoms. The van der Waals surface area contributed by atoms with Gasteiger partial charge in [-0.05, 0) is 44.3 Å². The van der Waals surface area contributed by atoms with E-state index in [1.165, 1.54) is 16.8 Å². The summed E-state index contributed by atoms with van der Waals surface area (Å²) in [5.74, 6) is 0.395. The summed E-state index contributed by atoms with van der Waals surface area (Å²) in [5, 5.41) is 9.58. The summed E-state index contributed by atoms with van der Waals surface area (Å²) in [5.41, 5.74) is 2.26. The third kappa shape index (κ3) is 5.06. The summed E-state index contributed by atoms with van der Waals surface area (Å²) in [6, 6.07) is 11.5. The Kier molecular flexibility index (Phi) is 6.11. The number of aromatic nitrogens is 3. The number of sulfonamides is 1. The van der Waals surface area contributed by atoms with Crippen LogP contribution < -0.4 is 5.14 Å². The van der Waals surface area contributed by atoms with Gasteiger partial charge in [-0.3, -0.25) is 4.90 Å². The van der Waals surface area contributed by atoms with Crippen molar-refractivity contribution in [3.8, 4) is 5.69 Å². The molecule has 3 aromatic rings. The first-order chi connectivity index (χ1) is 13.7. The highest BCUT2D eigenvalue weighted by Crippen LogP contribution is 2.20. The Hall–Kier alpha value is -2.62. The van der Waals surface area contributed by atoms with Crippen molar-refractivity contribution in [2.24, 2.45) is 5.14 Å². The van der Waals surface area contributed by atoms with Crippen LogP contribution in [-0.2, 0) is 23.0 Å². The smallest absolute Gasteiger partial charge is 0.238 e. The van der Waals surface area contributed by atoms with Gasteiger partial charge in [-0.1, -0.05) is 36.8 Å². The molecule has 0 radical (unpaired) electrons. The van der Waals surface area contributed by atoms with E-state index in [0.29, 0.717) is 24.6 Å². The zero-order valence-electron chi connectivity index (χ0n) is 16.6. The Labute approximate surface area is 170 Å². The van der Waals surface area contributed by atoms with E-state index in [4.69, 9.17) is 5.14 Å². The summed E-state index contributed by atoms with van der Waals surface area (Å²) in [6.45, 7) is 5.36. The zero-order valence-corrected chi connectivity index (χ0v) is 17.4. The molecule has 0 aliphatic carbocycles. The number of hydrogen-bond donors (Lipinski definition) is 1. The van der Waals surface area contributed by atoms with Crippen LogP contribution in [0, 0.1) is 12.7 Å². The molecule has 0 spiro atoms. The van der Waals surface area contributed by atoms with E-state index in [1.54, 1.807) is 0 Å². The van der Waals surface area contributed by atoms with Crippen molar-refractivity contribution in [3.63, 3.8) is 0 Å². The molecule has 2 N–H and O–H groups in total. The lowest BCUT2D eigenvalue weighted by atomic mass is 10.1. The molecule has 0 saturated heterocycles. The SMILES string of the molecule is CCN(C)Cc1nc(Cc2cccc(C)c2)n(-c2ccc(S(N)(=O)=O)cc2F)n1. The summed E-state index contributed by atoms with van der Waals surface area (Å²) in [7, 11) is -2.05. The average Bonchev–Trinajstić information content (AvgIpc) is 3.02. The molecule has 1 heterocycles. The van der Waals surface area contributed by atoms with Crippen molar-refractivity contribution in [2.75, 3.05) is 13.6 Å². The maximum atomic E-state index is 14.8. The van der Waals surface area contributed by atoms with Gasteiger partial charge in [0.25, 0.3) is 0 Å². The van der Waals surface area contributed by atoms with Crippen LogP contribution in [0.25, 0.3) is 5.69 Å². The number of primary sulfonamides is 1. The molecule has 154 valence electrons. The molecule has 0 aliphatic heterocycles. The lowest BCUT2D eigenvalue weighted by Crippen LogP contribution is -2.17. The molecule has 7 nitrogen and oxygen atoms in total. The van der Waals surface area contributed by atoms with E-state index in [-0.39, 0.29) is 10.6 Å². The van der Waals surface area contributed by atoms with Crippen LogP contribution in [0.1, 0.15) is 29.7 Å². The third-order valence-corrected chi connectivity index (χ3v) is 5.50. The number of nitrogens with two attached hydrogens (primary N) is 1. The topological polar surface area (TPSA) is 94.1 Å². The molecule has 29 heavy (non-hydrogen) atoms. The number of rotatable bonds is 7. The van der Waals surface area contributed by atoms with Gasteiger partial charge in [-0.15, -0.1) is 5.10 Å². The minimum Gasteiger partial charge on any atom is -0.299 e. The molecule has 0 saturated carbocycles. The van der Waals surface area contributed by atoms with Crippen LogP contribution in [0.3, 0.4) is 0 Å². The van der Waals surface area contributed by atoms with Crippen LogP contribution in [0.4, 0.5) is 4.39 Å². The fraction of sp³-hybridized carbons (Fsp3) is 0.300. The van der Waals surface area contributed by atoms with Crippen LogP contribution in [0.5, 0.6) is 0 Å². The monoisotopic (exact) mass is 417 g/mol. The second kappa shape index (κ2) is 8.40. The number of hydrogen-bond acceptors (Lipinski definition) is 5. The van der Waals surface area contributed by atoms with Gasteiger partial charge in [-0.2, -0.15) is 0 Å². The lowest BCUT2D eigenvalue weighted by Gasteiger charge is -2.10. The van der Waals surface area contributed by atoms with E-state index >= 15 is 0 Å². The quantitative estimate of drug-likeness (QED) is 0.637. The highest BCUT2D eigenvalue weighted by atomic mass is 32.2.